The highest BCUT2D eigenvalue weighted by molar-refractivity contribution is 6.30. The van der Waals surface area contributed by atoms with Gasteiger partial charge in [0.05, 0.1) is 5.41 Å². The molecule has 0 radical (unpaired) electrons. The molecule has 1 aliphatic heterocycles. The van der Waals surface area contributed by atoms with Crippen LogP contribution in [0.4, 0.5) is 0 Å². The van der Waals surface area contributed by atoms with Crippen LogP contribution in [0.2, 0.25) is 10.0 Å². The second kappa shape index (κ2) is 11.0. The van der Waals surface area contributed by atoms with E-state index in [2.05, 4.69) is 48.3 Å². The Kier molecular flexibility index (Phi) is 7.74. The normalized spacial score (nSPS) is 24.4. The van der Waals surface area contributed by atoms with Gasteiger partial charge >= 0.3 is 0 Å². The molecule has 1 aliphatic carbocycles. The van der Waals surface area contributed by atoms with Gasteiger partial charge < -0.3 is 5.32 Å². The summed E-state index contributed by atoms with van der Waals surface area (Å²) < 4.78 is 0. The summed E-state index contributed by atoms with van der Waals surface area (Å²) in [5.41, 5.74) is 4.16. The summed E-state index contributed by atoms with van der Waals surface area (Å²) >= 11 is 12.6. The summed E-state index contributed by atoms with van der Waals surface area (Å²) in [5, 5.41) is 4.84. The van der Waals surface area contributed by atoms with Gasteiger partial charge in [0, 0.05) is 45.2 Å². The SMILES string of the molecule is C=CC[C@@]1(C)C[C@H](c2cccc(Cl)c2)[C@H](CC[C@@H](c2ccc(Cl)cc2)c2cccc(C3CC3)n2)NC1=O. The molecule has 0 unspecified atom stereocenters. The van der Waals surface area contributed by atoms with E-state index in [0.29, 0.717) is 12.3 Å². The first kappa shape index (κ1) is 26.0. The van der Waals surface area contributed by atoms with Crippen LogP contribution in [-0.4, -0.2) is 16.9 Å². The van der Waals surface area contributed by atoms with Crippen molar-refractivity contribution in [2.45, 2.75) is 69.2 Å². The van der Waals surface area contributed by atoms with Crippen LogP contribution in [0.15, 0.2) is 79.4 Å². The molecule has 2 aromatic carbocycles. The Morgan fingerprint density at radius 3 is 2.54 bits per heavy atom. The molecule has 0 spiro atoms. The summed E-state index contributed by atoms with van der Waals surface area (Å²) in [7, 11) is 0. The van der Waals surface area contributed by atoms with Crippen molar-refractivity contribution in [2.75, 3.05) is 0 Å². The van der Waals surface area contributed by atoms with Crippen molar-refractivity contribution in [3.8, 4) is 0 Å². The average molecular weight is 534 g/mol. The number of benzene rings is 2. The molecule has 5 heteroatoms. The Labute approximate surface area is 230 Å². The van der Waals surface area contributed by atoms with E-state index in [9.17, 15) is 4.79 Å². The summed E-state index contributed by atoms with van der Waals surface area (Å²) in [6, 6.07) is 22.6. The zero-order valence-electron chi connectivity index (χ0n) is 21.3. The topological polar surface area (TPSA) is 42.0 Å². The lowest BCUT2D eigenvalue weighted by Gasteiger charge is -2.43. The zero-order valence-corrected chi connectivity index (χ0v) is 22.8. The van der Waals surface area contributed by atoms with Crippen LogP contribution in [0.5, 0.6) is 0 Å². The highest BCUT2D eigenvalue weighted by Gasteiger charge is 2.43. The molecular weight excluding hydrogens is 499 g/mol. The van der Waals surface area contributed by atoms with Crippen LogP contribution < -0.4 is 5.32 Å². The Morgan fingerprint density at radius 2 is 1.84 bits per heavy atom. The van der Waals surface area contributed by atoms with Gasteiger partial charge in [-0.05, 0) is 86.1 Å². The number of hydrogen-bond acceptors (Lipinski definition) is 2. The molecule has 0 bridgehead atoms. The maximum Gasteiger partial charge on any atom is 0.226 e. The number of allylic oxidation sites excluding steroid dienone is 1. The maximum atomic E-state index is 13.3. The van der Waals surface area contributed by atoms with Crippen molar-refractivity contribution < 1.29 is 4.79 Å². The number of hydrogen-bond donors (Lipinski definition) is 1. The summed E-state index contributed by atoms with van der Waals surface area (Å²) in [6.45, 7) is 5.95. The highest BCUT2D eigenvalue weighted by Crippen LogP contribution is 2.44. The van der Waals surface area contributed by atoms with Gasteiger partial charge in [0.2, 0.25) is 5.91 Å². The van der Waals surface area contributed by atoms with Gasteiger partial charge in [0.25, 0.3) is 0 Å². The summed E-state index contributed by atoms with van der Waals surface area (Å²) in [4.78, 5) is 18.4. The Balaban J connectivity index is 1.44. The third-order valence-corrected chi connectivity index (χ3v) is 8.56. The van der Waals surface area contributed by atoms with Crippen molar-refractivity contribution in [3.05, 3.63) is 112 Å². The second-order valence-corrected chi connectivity index (χ2v) is 11.8. The standard InChI is InChI=1S/C32H34Cl2N2O/c1-3-18-32(2)20-27(23-6-4-7-25(34)19-23)30(36-31(32)37)17-16-26(21-12-14-24(33)15-13-21)29-9-5-8-28(35-29)22-10-11-22/h3-9,12-15,19,22,26-27,30H,1,10-11,16-18,20H2,2H3,(H,36,37)/t26-,27+,30-,32-/m0/s1. The van der Waals surface area contributed by atoms with Crippen molar-refractivity contribution >= 4 is 29.1 Å². The van der Waals surface area contributed by atoms with Crippen LogP contribution in [-0.2, 0) is 4.79 Å². The molecule has 1 aromatic heterocycles. The zero-order chi connectivity index (χ0) is 26.0. The van der Waals surface area contributed by atoms with Gasteiger partial charge in [0.1, 0.15) is 0 Å². The van der Waals surface area contributed by atoms with Crippen LogP contribution in [0.3, 0.4) is 0 Å². The first-order valence-corrected chi connectivity index (χ1v) is 14.0. The molecule has 4 atom stereocenters. The number of aromatic nitrogens is 1. The summed E-state index contributed by atoms with van der Waals surface area (Å²) in [5.74, 6) is 0.984. The van der Waals surface area contributed by atoms with Gasteiger partial charge in [-0.15, -0.1) is 6.58 Å². The first-order valence-electron chi connectivity index (χ1n) is 13.3. The lowest BCUT2D eigenvalue weighted by Crippen LogP contribution is -2.53. The molecule has 1 saturated carbocycles. The largest absolute Gasteiger partial charge is 0.352 e. The Hall–Kier alpha value is -2.62. The number of carbonyl (C=O) groups excluding carboxylic acids is 1. The third kappa shape index (κ3) is 5.94. The molecule has 1 saturated heterocycles. The molecule has 3 aromatic rings. The average Bonchev–Trinajstić information content (AvgIpc) is 3.73. The monoisotopic (exact) mass is 532 g/mol. The van der Waals surface area contributed by atoms with E-state index in [1.807, 2.05) is 43.3 Å². The third-order valence-electron chi connectivity index (χ3n) is 8.08. The summed E-state index contributed by atoms with van der Waals surface area (Å²) in [6.07, 6.45) is 7.40. The van der Waals surface area contributed by atoms with E-state index in [-0.39, 0.29) is 23.8 Å². The fourth-order valence-electron chi connectivity index (χ4n) is 5.81. The molecule has 2 aliphatic rings. The first-order chi connectivity index (χ1) is 17.9. The maximum absolute atomic E-state index is 13.3. The number of pyridine rings is 1. The van der Waals surface area contributed by atoms with Crippen molar-refractivity contribution in [1.82, 2.24) is 10.3 Å². The van der Waals surface area contributed by atoms with E-state index in [1.165, 1.54) is 29.7 Å². The number of amides is 1. The van der Waals surface area contributed by atoms with Crippen LogP contribution in [0.1, 0.15) is 85.7 Å². The Morgan fingerprint density at radius 1 is 1.08 bits per heavy atom. The molecular formula is C32H34Cl2N2O. The number of nitrogens with zero attached hydrogens (tertiary/aromatic N) is 1. The van der Waals surface area contributed by atoms with Crippen LogP contribution in [0.25, 0.3) is 0 Å². The minimum absolute atomic E-state index is 0.00488. The minimum atomic E-state index is -0.485. The minimum Gasteiger partial charge on any atom is -0.352 e. The molecule has 3 nitrogen and oxygen atoms in total. The molecule has 5 rings (SSSR count). The molecule has 192 valence electrons. The fraction of sp³-hybridized carbons (Fsp3) is 0.375. The molecule has 2 fully saturated rings. The lowest BCUT2D eigenvalue weighted by molar-refractivity contribution is -0.134. The van der Waals surface area contributed by atoms with E-state index < -0.39 is 5.41 Å². The van der Waals surface area contributed by atoms with Crippen molar-refractivity contribution in [3.63, 3.8) is 0 Å². The number of rotatable bonds is 9. The second-order valence-electron chi connectivity index (χ2n) is 10.9. The van der Waals surface area contributed by atoms with Crippen LogP contribution >= 0.6 is 23.2 Å². The van der Waals surface area contributed by atoms with Crippen molar-refractivity contribution in [2.24, 2.45) is 5.41 Å². The van der Waals surface area contributed by atoms with Gasteiger partial charge in [0.15, 0.2) is 0 Å². The van der Waals surface area contributed by atoms with E-state index in [4.69, 9.17) is 28.2 Å². The predicted molar refractivity (Wildman–Crippen MR) is 152 cm³/mol. The van der Waals surface area contributed by atoms with Gasteiger partial charge in [-0.25, -0.2) is 0 Å². The number of carbonyl (C=O) groups is 1. The van der Waals surface area contributed by atoms with Gasteiger partial charge in [-0.3, -0.25) is 9.78 Å². The molecule has 1 N–H and O–H groups in total. The van der Waals surface area contributed by atoms with Crippen molar-refractivity contribution in [1.29, 1.82) is 0 Å². The Bertz CT molecular complexity index is 1270. The number of halogens is 2. The van der Waals surface area contributed by atoms with Crippen LogP contribution in [0, 0.1) is 5.41 Å². The van der Waals surface area contributed by atoms with Gasteiger partial charge in [-0.1, -0.05) is 66.5 Å². The highest BCUT2D eigenvalue weighted by atomic mass is 35.5. The molecule has 2 heterocycles. The number of piperidine rings is 1. The van der Waals surface area contributed by atoms with E-state index >= 15 is 0 Å². The molecule has 1 amide bonds. The smallest absolute Gasteiger partial charge is 0.226 e. The van der Waals surface area contributed by atoms with E-state index in [0.717, 1.165) is 35.0 Å². The lowest BCUT2D eigenvalue weighted by atomic mass is 9.68. The molecule has 37 heavy (non-hydrogen) atoms. The van der Waals surface area contributed by atoms with Gasteiger partial charge in [-0.2, -0.15) is 0 Å². The number of nitrogens with one attached hydrogen (secondary N) is 1. The predicted octanol–water partition coefficient (Wildman–Crippen LogP) is 8.43. The quantitative estimate of drug-likeness (QED) is 0.281. The fourth-order valence-corrected chi connectivity index (χ4v) is 6.14. The van der Waals surface area contributed by atoms with E-state index in [1.54, 1.807) is 0 Å².